The topological polar surface area (TPSA) is 30.5 Å². The minimum atomic E-state index is 0.234. The van der Waals surface area contributed by atoms with E-state index in [2.05, 4.69) is 5.32 Å². The molecule has 0 amide bonds. The number of methoxy groups -OCH3 is 1. The number of ether oxygens (including phenoxy) is 2. The van der Waals surface area contributed by atoms with Crippen molar-refractivity contribution in [3.8, 4) is 0 Å². The summed E-state index contributed by atoms with van der Waals surface area (Å²) in [5.74, 6) is 0.731. The average molecular weight is 227 g/mol. The Balaban J connectivity index is 1.89. The average Bonchev–Trinajstić information content (AvgIpc) is 2.31. The van der Waals surface area contributed by atoms with Crippen LogP contribution in [-0.2, 0) is 9.47 Å². The fourth-order valence-corrected chi connectivity index (χ4v) is 3.18. The lowest BCUT2D eigenvalue weighted by atomic mass is 9.80. The van der Waals surface area contributed by atoms with Gasteiger partial charge in [-0.2, -0.15) is 0 Å². The molecule has 0 radical (unpaired) electrons. The van der Waals surface area contributed by atoms with Crippen LogP contribution in [0.1, 0.15) is 38.5 Å². The van der Waals surface area contributed by atoms with Crippen molar-refractivity contribution in [2.45, 2.75) is 44.1 Å². The normalized spacial score (nSPS) is 36.2. The van der Waals surface area contributed by atoms with Gasteiger partial charge in [0.25, 0.3) is 0 Å². The molecule has 2 saturated heterocycles. The maximum absolute atomic E-state index is 5.58. The predicted molar refractivity (Wildman–Crippen MR) is 64.6 cm³/mol. The SMILES string of the molecule is COCC1(CC2CCCOC2)CCCCN1. The Hall–Kier alpha value is -0.120. The zero-order valence-corrected chi connectivity index (χ0v) is 10.5. The first-order valence-electron chi connectivity index (χ1n) is 6.66. The molecule has 0 aromatic heterocycles. The van der Waals surface area contributed by atoms with E-state index < -0.39 is 0 Å². The third-order valence-corrected chi connectivity index (χ3v) is 3.94. The Morgan fingerprint density at radius 3 is 2.94 bits per heavy atom. The molecule has 0 bridgehead atoms. The van der Waals surface area contributed by atoms with E-state index in [1.54, 1.807) is 0 Å². The zero-order chi connectivity index (χ0) is 11.3. The Morgan fingerprint density at radius 1 is 1.38 bits per heavy atom. The fourth-order valence-electron chi connectivity index (χ4n) is 3.18. The van der Waals surface area contributed by atoms with Crippen LogP contribution in [0.2, 0.25) is 0 Å². The summed E-state index contributed by atoms with van der Waals surface area (Å²) in [6, 6.07) is 0. The molecule has 2 heterocycles. The van der Waals surface area contributed by atoms with Crippen molar-refractivity contribution in [2.24, 2.45) is 5.92 Å². The number of hydrogen-bond donors (Lipinski definition) is 1. The number of nitrogens with one attached hydrogen (secondary N) is 1. The molecule has 0 aliphatic carbocycles. The van der Waals surface area contributed by atoms with Crippen LogP contribution >= 0.6 is 0 Å². The van der Waals surface area contributed by atoms with Gasteiger partial charge < -0.3 is 14.8 Å². The molecule has 0 saturated carbocycles. The minimum absolute atomic E-state index is 0.234. The molecule has 0 aromatic carbocycles. The molecule has 2 fully saturated rings. The molecule has 1 N–H and O–H groups in total. The van der Waals surface area contributed by atoms with Crippen LogP contribution in [0.3, 0.4) is 0 Å². The van der Waals surface area contributed by atoms with Crippen LogP contribution in [0, 0.1) is 5.92 Å². The van der Waals surface area contributed by atoms with Gasteiger partial charge in [0.2, 0.25) is 0 Å². The summed E-state index contributed by atoms with van der Waals surface area (Å²) in [6.07, 6.45) is 7.69. The lowest BCUT2D eigenvalue weighted by molar-refractivity contribution is 0.0155. The minimum Gasteiger partial charge on any atom is -0.383 e. The predicted octanol–water partition coefficient (Wildman–Crippen LogP) is 1.96. The molecule has 0 spiro atoms. The Bertz CT molecular complexity index is 191. The van der Waals surface area contributed by atoms with E-state index in [4.69, 9.17) is 9.47 Å². The van der Waals surface area contributed by atoms with Gasteiger partial charge >= 0.3 is 0 Å². The maximum Gasteiger partial charge on any atom is 0.0644 e. The number of piperidine rings is 1. The van der Waals surface area contributed by atoms with Crippen molar-refractivity contribution < 1.29 is 9.47 Å². The standard InChI is InChI=1S/C13H25NO2/c1-15-11-13(6-2-3-7-14-13)9-12-5-4-8-16-10-12/h12,14H,2-11H2,1H3. The van der Waals surface area contributed by atoms with E-state index in [1.807, 2.05) is 7.11 Å². The summed E-state index contributed by atoms with van der Waals surface area (Å²) in [5.41, 5.74) is 0.234. The van der Waals surface area contributed by atoms with Crippen molar-refractivity contribution in [1.29, 1.82) is 0 Å². The quantitative estimate of drug-likeness (QED) is 0.796. The van der Waals surface area contributed by atoms with Gasteiger partial charge in [-0.1, -0.05) is 6.42 Å². The van der Waals surface area contributed by atoms with Gasteiger partial charge in [-0.25, -0.2) is 0 Å². The van der Waals surface area contributed by atoms with Crippen LogP contribution in [0.5, 0.6) is 0 Å². The summed E-state index contributed by atoms with van der Waals surface area (Å²) in [4.78, 5) is 0. The van der Waals surface area contributed by atoms with E-state index in [-0.39, 0.29) is 5.54 Å². The van der Waals surface area contributed by atoms with Crippen LogP contribution in [0.4, 0.5) is 0 Å². The van der Waals surface area contributed by atoms with Gasteiger partial charge in [-0.05, 0) is 44.6 Å². The Labute approximate surface area is 98.9 Å². The Morgan fingerprint density at radius 2 is 2.31 bits per heavy atom. The molecule has 2 aliphatic rings. The smallest absolute Gasteiger partial charge is 0.0644 e. The van der Waals surface area contributed by atoms with E-state index in [0.29, 0.717) is 0 Å². The number of hydrogen-bond acceptors (Lipinski definition) is 3. The van der Waals surface area contributed by atoms with E-state index in [0.717, 1.165) is 32.3 Å². The second-order valence-electron chi connectivity index (χ2n) is 5.38. The molecular weight excluding hydrogens is 202 g/mol. The highest BCUT2D eigenvalue weighted by atomic mass is 16.5. The van der Waals surface area contributed by atoms with Crippen molar-refractivity contribution in [1.82, 2.24) is 5.32 Å². The fraction of sp³-hybridized carbons (Fsp3) is 1.00. The zero-order valence-electron chi connectivity index (χ0n) is 10.5. The summed E-state index contributed by atoms with van der Waals surface area (Å²) < 4.78 is 11.0. The van der Waals surface area contributed by atoms with Crippen molar-refractivity contribution >= 4 is 0 Å². The lowest BCUT2D eigenvalue weighted by Gasteiger charge is -2.41. The molecule has 2 unspecified atom stereocenters. The first kappa shape index (κ1) is 12.3. The third kappa shape index (κ3) is 3.19. The summed E-state index contributed by atoms with van der Waals surface area (Å²) >= 11 is 0. The van der Waals surface area contributed by atoms with Crippen LogP contribution in [0.25, 0.3) is 0 Å². The second kappa shape index (κ2) is 5.99. The van der Waals surface area contributed by atoms with E-state index in [1.165, 1.54) is 38.5 Å². The molecule has 2 aliphatic heterocycles. The second-order valence-corrected chi connectivity index (χ2v) is 5.38. The van der Waals surface area contributed by atoms with Gasteiger partial charge in [-0.15, -0.1) is 0 Å². The monoisotopic (exact) mass is 227 g/mol. The molecule has 0 aromatic rings. The highest BCUT2D eigenvalue weighted by Gasteiger charge is 2.34. The molecule has 2 atom stereocenters. The summed E-state index contributed by atoms with van der Waals surface area (Å²) in [6.45, 7) is 3.91. The molecule has 3 nitrogen and oxygen atoms in total. The van der Waals surface area contributed by atoms with Gasteiger partial charge in [0.05, 0.1) is 6.61 Å². The maximum atomic E-state index is 5.58. The molecule has 16 heavy (non-hydrogen) atoms. The number of rotatable bonds is 4. The van der Waals surface area contributed by atoms with Crippen LogP contribution in [-0.4, -0.2) is 39.0 Å². The van der Waals surface area contributed by atoms with Crippen LogP contribution < -0.4 is 5.32 Å². The third-order valence-electron chi connectivity index (χ3n) is 3.94. The van der Waals surface area contributed by atoms with Gasteiger partial charge in [0, 0.05) is 25.9 Å². The summed E-state index contributed by atoms with van der Waals surface area (Å²) in [7, 11) is 1.81. The molecular formula is C13H25NO2. The molecule has 94 valence electrons. The summed E-state index contributed by atoms with van der Waals surface area (Å²) in [5, 5.41) is 3.70. The first-order valence-corrected chi connectivity index (χ1v) is 6.66. The van der Waals surface area contributed by atoms with Gasteiger partial charge in [0.1, 0.15) is 0 Å². The largest absolute Gasteiger partial charge is 0.383 e. The van der Waals surface area contributed by atoms with E-state index in [9.17, 15) is 0 Å². The molecule has 2 rings (SSSR count). The Kier molecular flexibility index (Phi) is 4.62. The molecule has 3 heteroatoms. The van der Waals surface area contributed by atoms with E-state index >= 15 is 0 Å². The lowest BCUT2D eigenvalue weighted by Crippen LogP contribution is -2.53. The van der Waals surface area contributed by atoms with Crippen molar-refractivity contribution in [3.63, 3.8) is 0 Å². The van der Waals surface area contributed by atoms with Gasteiger partial charge in [0.15, 0.2) is 0 Å². The highest BCUT2D eigenvalue weighted by Crippen LogP contribution is 2.30. The van der Waals surface area contributed by atoms with Crippen molar-refractivity contribution in [2.75, 3.05) is 33.5 Å². The van der Waals surface area contributed by atoms with Gasteiger partial charge in [-0.3, -0.25) is 0 Å². The highest BCUT2D eigenvalue weighted by molar-refractivity contribution is 4.93. The first-order chi connectivity index (χ1) is 7.85. The van der Waals surface area contributed by atoms with Crippen molar-refractivity contribution in [3.05, 3.63) is 0 Å². The van der Waals surface area contributed by atoms with Crippen LogP contribution in [0.15, 0.2) is 0 Å².